The molecular weight excluding hydrogens is 344 g/mol. The molecule has 138 valence electrons. The minimum absolute atomic E-state index is 0.563. The van der Waals surface area contributed by atoms with E-state index < -0.39 is 0 Å². The summed E-state index contributed by atoms with van der Waals surface area (Å²) in [6.07, 6.45) is 6.93. The van der Waals surface area contributed by atoms with E-state index in [9.17, 15) is 0 Å². The van der Waals surface area contributed by atoms with Gasteiger partial charge in [0.05, 0.1) is 5.02 Å². The topological polar surface area (TPSA) is 60.8 Å². The first-order chi connectivity index (χ1) is 12.5. The van der Waals surface area contributed by atoms with Gasteiger partial charge >= 0.3 is 0 Å². The van der Waals surface area contributed by atoms with Crippen LogP contribution in [0.4, 0.5) is 11.4 Å². The van der Waals surface area contributed by atoms with Gasteiger partial charge in [-0.25, -0.2) is 0 Å². The third-order valence-electron chi connectivity index (χ3n) is 3.87. The van der Waals surface area contributed by atoms with Crippen LogP contribution in [0.2, 0.25) is 5.02 Å². The normalized spacial score (nSPS) is 11.5. The maximum absolute atomic E-state index is 7.74. The molecule has 0 aliphatic rings. The van der Waals surface area contributed by atoms with Crippen molar-refractivity contribution in [3.63, 3.8) is 0 Å². The SMILES string of the molecule is CCCc1cc(N/C=C(\C=N)c2ccc(NCC(C)C)cc2Cl)ccn1. The predicted octanol–water partition coefficient (Wildman–Crippen LogP) is 5.86. The van der Waals surface area contributed by atoms with Crippen molar-refractivity contribution < 1.29 is 0 Å². The van der Waals surface area contributed by atoms with E-state index in [2.05, 4.69) is 36.4 Å². The van der Waals surface area contributed by atoms with Crippen molar-refractivity contribution >= 4 is 34.8 Å². The molecule has 4 nitrogen and oxygen atoms in total. The molecule has 0 amide bonds. The number of halogens is 1. The van der Waals surface area contributed by atoms with Crippen molar-refractivity contribution in [2.45, 2.75) is 33.6 Å². The molecule has 0 atom stereocenters. The third kappa shape index (κ3) is 5.88. The smallest absolute Gasteiger partial charge is 0.0506 e. The van der Waals surface area contributed by atoms with E-state index in [1.807, 2.05) is 30.3 Å². The standard InChI is InChI=1S/C21H27ClN4/c1-4-5-17-10-19(8-9-24-17)26-14-16(12-23)20-7-6-18(11-21(20)22)25-13-15(2)3/h6-12,14-15,23,25H,4-5,13H2,1-3H3,(H,24,26)/b16-14+,23-12?. The fraction of sp³-hybridized carbons (Fsp3) is 0.333. The molecule has 0 bridgehead atoms. The van der Waals surface area contributed by atoms with Crippen LogP contribution in [-0.2, 0) is 6.42 Å². The molecule has 1 heterocycles. The summed E-state index contributed by atoms with van der Waals surface area (Å²) in [6, 6.07) is 9.79. The Morgan fingerprint density at radius 3 is 2.69 bits per heavy atom. The van der Waals surface area contributed by atoms with Crippen LogP contribution < -0.4 is 10.6 Å². The van der Waals surface area contributed by atoms with E-state index in [0.717, 1.165) is 47.6 Å². The van der Waals surface area contributed by atoms with Crippen molar-refractivity contribution in [3.05, 3.63) is 59.0 Å². The van der Waals surface area contributed by atoms with Crippen LogP contribution in [0.25, 0.3) is 5.57 Å². The molecule has 3 N–H and O–H groups in total. The molecule has 0 aliphatic heterocycles. The van der Waals surface area contributed by atoms with Crippen molar-refractivity contribution in [1.29, 1.82) is 5.41 Å². The van der Waals surface area contributed by atoms with Crippen LogP contribution in [0.5, 0.6) is 0 Å². The molecule has 0 spiro atoms. The Morgan fingerprint density at radius 1 is 1.23 bits per heavy atom. The van der Waals surface area contributed by atoms with Gasteiger partial charge in [-0.2, -0.15) is 0 Å². The quantitative estimate of drug-likeness (QED) is 0.484. The highest BCUT2D eigenvalue weighted by atomic mass is 35.5. The van der Waals surface area contributed by atoms with E-state index in [1.165, 1.54) is 6.21 Å². The van der Waals surface area contributed by atoms with Crippen LogP contribution >= 0.6 is 11.6 Å². The maximum atomic E-state index is 7.74. The van der Waals surface area contributed by atoms with Gasteiger partial charge < -0.3 is 16.0 Å². The number of aryl methyl sites for hydroxylation is 1. The number of hydrogen-bond donors (Lipinski definition) is 3. The largest absolute Gasteiger partial charge is 0.385 e. The molecule has 0 saturated heterocycles. The second-order valence-electron chi connectivity index (χ2n) is 6.64. The Bertz CT molecular complexity index is 768. The Hall–Kier alpha value is -2.33. The van der Waals surface area contributed by atoms with Crippen molar-refractivity contribution in [3.8, 4) is 0 Å². The van der Waals surface area contributed by atoms with Gasteiger partial charge in [0.2, 0.25) is 0 Å². The fourth-order valence-electron chi connectivity index (χ4n) is 2.50. The van der Waals surface area contributed by atoms with Gasteiger partial charge in [-0.05, 0) is 36.6 Å². The molecule has 0 saturated carbocycles. The van der Waals surface area contributed by atoms with Crippen molar-refractivity contribution in [1.82, 2.24) is 4.98 Å². The van der Waals surface area contributed by atoms with Gasteiger partial charge in [0, 0.05) is 53.4 Å². The monoisotopic (exact) mass is 370 g/mol. The molecule has 5 heteroatoms. The second kappa shape index (κ2) is 9.97. The lowest BCUT2D eigenvalue weighted by Gasteiger charge is -2.12. The summed E-state index contributed by atoms with van der Waals surface area (Å²) < 4.78 is 0. The zero-order valence-electron chi connectivity index (χ0n) is 15.6. The van der Waals surface area contributed by atoms with Gasteiger partial charge in [0.1, 0.15) is 0 Å². The number of pyridine rings is 1. The molecule has 2 aromatic rings. The molecule has 2 rings (SSSR count). The molecule has 1 aromatic heterocycles. The van der Waals surface area contributed by atoms with Crippen LogP contribution in [0.1, 0.15) is 38.4 Å². The number of hydrogen-bond acceptors (Lipinski definition) is 4. The van der Waals surface area contributed by atoms with Crippen LogP contribution in [0, 0.1) is 11.3 Å². The summed E-state index contributed by atoms with van der Waals surface area (Å²) in [5, 5.41) is 15.0. The highest BCUT2D eigenvalue weighted by molar-refractivity contribution is 6.34. The van der Waals surface area contributed by atoms with E-state index in [1.54, 1.807) is 12.4 Å². The fourth-order valence-corrected chi connectivity index (χ4v) is 2.79. The third-order valence-corrected chi connectivity index (χ3v) is 4.18. The highest BCUT2D eigenvalue weighted by Crippen LogP contribution is 2.26. The maximum Gasteiger partial charge on any atom is 0.0506 e. The number of aromatic nitrogens is 1. The molecule has 1 aromatic carbocycles. The molecule has 26 heavy (non-hydrogen) atoms. The summed E-state index contributed by atoms with van der Waals surface area (Å²) in [6.45, 7) is 7.36. The number of benzene rings is 1. The van der Waals surface area contributed by atoms with E-state index in [0.29, 0.717) is 10.9 Å². The lowest BCUT2D eigenvalue weighted by Crippen LogP contribution is -2.07. The molecule has 0 aliphatic carbocycles. The van der Waals surface area contributed by atoms with E-state index in [-0.39, 0.29) is 0 Å². The average molecular weight is 371 g/mol. The Labute approximate surface area is 161 Å². The number of allylic oxidation sites excluding steroid dienone is 1. The first-order valence-electron chi connectivity index (χ1n) is 8.99. The highest BCUT2D eigenvalue weighted by Gasteiger charge is 2.06. The predicted molar refractivity (Wildman–Crippen MR) is 113 cm³/mol. The number of nitrogens with one attached hydrogen (secondary N) is 3. The zero-order chi connectivity index (χ0) is 18.9. The summed E-state index contributed by atoms with van der Waals surface area (Å²) in [5.74, 6) is 0.563. The molecule has 0 fully saturated rings. The number of nitrogens with zero attached hydrogens (tertiary/aromatic N) is 1. The Morgan fingerprint density at radius 2 is 2.04 bits per heavy atom. The Kier molecular flexibility index (Phi) is 7.67. The number of anilines is 2. The molecular formula is C21H27ClN4. The number of rotatable bonds is 9. The van der Waals surface area contributed by atoms with Gasteiger partial charge in [-0.15, -0.1) is 0 Å². The minimum atomic E-state index is 0.563. The first kappa shape index (κ1) is 20.0. The van der Waals surface area contributed by atoms with Gasteiger partial charge in [-0.1, -0.05) is 44.9 Å². The van der Waals surface area contributed by atoms with Gasteiger partial charge in [0.15, 0.2) is 0 Å². The van der Waals surface area contributed by atoms with Crippen LogP contribution in [0.15, 0.2) is 42.7 Å². The Balaban J connectivity index is 2.15. The van der Waals surface area contributed by atoms with Gasteiger partial charge in [0.25, 0.3) is 0 Å². The van der Waals surface area contributed by atoms with Crippen LogP contribution in [-0.4, -0.2) is 17.7 Å². The summed E-state index contributed by atoms with van der Waals surface area (Å²) in [5.41, 5.74) is 4.55. The summed E-state index contributed by atoms with van der Waals surface area (Å²) >= 11 is 6.44. The lowest BCUT2D eigenvalue weighted by molar-refractivity contribution is 0.689. The first-order valence-corrected chi connectivity index (χ1v) is 9.37. The average Bonchev–Trinajstić information content (AvgIpc) is 2.62. The van der Waals surface area contributed by atoms with Crippen molar-refractivity contribution in [2.75, 3.05) is 17.2 Å². The molecule has 0 unspecified atom stereocenters. The van der Waals surface area contributed by atoms with Crippen LogP contribution in [0.3, 0.4) is 0 Å². The molecule has 0 radical (unpaired) electrons. The lowest BCUT2D eigenvalue weighted by atomic mass is 10.1. The minimum Gasteiger partial charge on any atom is -0.385 e. The second-order valence-corrected chi connectivity index (χ2v) is 7.05. The van der Waals surface area contributed by atoms with Gasteiger partial charge in [-0.3, -0.25) is 4.98 Å². The zero-order valence-corrected chi connectivity index (χ0v) is 16.4. The van der Waals surface area contributed by atoms with E-state index in [4.69, 9.17) is 17.0 Å². The summed E-state index contributed by atoms with van der Waals surface area (Å²) in [4.78, 5) is 4.35. The van der Waals surface area contributed by atoms with E-state index >= 15 is 0 Å². The summed E-state index contributed by atoms with van der Waals surface area (Å²) in [7, 11) is 0. The van der Waals surface area contributed by atoms with Crippen molar-refractivity contribution in [2.24, 2.45) is 5.92 Å².